The Kier molecular flexibility index (Phi) is 3.74. The molecule has 2 aromatic carbocycles. The van der Waals surface area contributed by atoms with Gasteiger partial charge in [-0.1, -0.05) is 22.0 Å². The highest BCUT2D eigenvalue weighted by Gasteiger charge is 2.05. The van der Waals surface area contributed by atoms with Crippen LogP contribution in [0.25, 0.3) is 0 Å². The third kappa shape index (κ3) is 3.03. The lowest BCUT2D eigenvalue weighted by molar-refractivity contribution is 0.441. The quantitative estimate of drug-likeness (QED) is 0.749. The molecule has 0 aliphatic heterocycles. The zero-order valence-corrected chi connectivity index (χ0v) is 10.4. The smallest absolute Gasteiger partial charge is 0.166 e. The molecule has 0 unspecified atom stereocenters. The third-order valence-corrected chi connectivity index (χ3v) is 2.84. The summed E-state index contributed by atoms with van der Waals surface area (Å²) < 4.78 is 31.6. The zero-order valence-electron chi connectivity index (χ0n) is 8.79. The van der Waals surface area contributed by atoms with E-state index in [0.717, 1.165) is 5.56 Å². The first kappa shape index (κ1) is 12.0. The molecule has 0 atom stereocenters. The first-order chi connectivity index (χ1) is 8.19. The van der Waals surface area contributed by atoms with Gasteiger partial charge in [0.05, 0.1) is 0 Å². The molecule has 0 saturated heterocycles. The highest BCUT2D eigenvalue weighted by molar-refractivity contribution is 9.08. The van der Waals surface area contributed by atoms with Crippen LogP contribution in [0.1, 0.15) is 5.56 Å². The molecule has 17 heavy (non-hydrogen) atoms. The van der Waals surface area contributed by atoms with Crippen molar-refractivity contribution in [2.24, 2.45) is 0 Å². The molecule has 0 saturated carbocycles. The molecule has 2 rings (SSSR count). The fourth-order valence-corrected chi connectivity index (χ4v) is 1.69. The molecule has 0 aromatic heterocycles. The Hall–Kier alpha value is -1.42. The average Bonchev–Trinajstić information content (AvgIpc) is 2.34. The Morgan fingerprint density at radius 2 is 1.71 bits per heavy atom. The van der Waals surface area contributed by atoms with Gasteiger partial charge in [-0.3, -0.25) is 0 Å². The van der Waals surface area contributed by atoms with Crippen LogP contribution < -0.4 is 4.74 Å². The molecular formula is C13H9BrF2O. The number of hydrogen-bond donors (Lipinski definition) is 0. The highest BCUT2D eigenvalue weighted by atomic mass is 79.9. The van der Waals surface area contributed by atoms with Gasteiger partial charge in [0.2, 0.25) is 0 Å². The van der Waals surface area contributed by atoms with Gasteiger partial charge in [-0.25, -0.2) is 8.78 Å². The van der Waals surface area contributed by atoms with E-state index < -0.39 is 5.82 Å². The molecule has 0 aliphatic rings. The van der Waals surface area contributed by atoms with E-state index in [4.69, 9.17) is 4.74 Å². The molecule has 0 aliphatic carbocycles. The molecule has 0 N–H and O–H groups in total. The summed E-state index contributed by atoms with van der Waals surface area (Å²) in [6.07, 6.45) is 0. The van der Waals surface area contributed by atoms with Crippen molar-refractivity contribution < 1.29 is 13.5 Å². The van der Waals surface area contributed by atoms with Crippen molar-refractivity contribution in [2.75, 3.05) is 0 Å². The van der Waals surface area contributed by atoms with Crippen molar-refractivity contribution in [3.63, 3.8) is 0 Å². The molecule has 88 valence electrons. The fourth-order valence-electron chi connectivity index (χ4n) is 1.34. The second-order valence-electron chi connectivity index (χ2n) is 3.45. The number of alkyl halides is 1. The van der Waals surface area contributed by atoms with Gasteiger partial charge >= 0.3 is 0 Å². The minimum Gasteiger partial charge on any atom is -0.454 e. The molecular weight excluding hydrogens is 290 g/mol. The lowest BCUT2D eigenvalue weighted by Gasteiger charge is -2.07. The summed E-state index contributed by atoms with van der Waals surface area (Å²) in [5.41, 5.74) is 0.828. The van der Waals surface area contributed by atoms with E-state index in [0.29, 0.717) is 11.1 Å². The van der Waals surface area contributed by atoms with Gasteiger partial charge in [0.15, 0.2) is 11.6 Å². The predicted molar refractivity (Wildman–Crippen MR) is 65.5 cm³/mol. The van der Waals surface area contributed by atoms with Crippen molar-refractivity contribution >= 4 is 15.9 Å². The Balaban J connectivity index is 2.21. The number of benzene rings is 2. The van der Waals surface area contributed by atoms with E-state index in [2.05, 4.69) is 15.9 Å². The Morgan fingerprint density at radius 1 is 1.00 bits per heavy atom. The van der Waals surface area contributed by atoms with E-state index in [9.17, 15) is 8.78 Å². The lowest BCUT2D eigenvalue weighted by Crippen LogP contribution is -1.90. The Labute approximate surface area is 106 Å². The van der Waals surface area contributed by atoms with E-state index in [1.807, 2.05) is 0 Å². The SMILES string of the molecule is Fc1ccc(Oc2ccc(CBr)cc2F)cc1. The maximum absolute atomic E-state index is 13.6. The van der Waals surface area contributed by atoms with Crippen LogP contribution in [0.15, 0.2) is 42.5 Å². The molecule has 0 bridgehead atoms. The summed E-state index contributed by atoms with van der Waals surface area (Å²) in [6, 6.07) is 10.1. The molecule has 2 aromatic rings. The average molecular weight is 299 g/mol. The van der Waals surface area contributed by atoms with Crippen LogP contribution in [0.3, 0.4) is 0 Å². The van der Waals surface area contributed by atoms with Gasteiger partial charge in [-0.2, -0.15) is 0 Å². The summed E-state index contributed by atoms with van der Waals surface area (Å²) in [5, 5.41) is 0.584. The number of ether oxygens (including phenoxy) is 1. The summed E-state index contributed by atoms with van der Waals surface area (Å²) in [5.74, 6) is -0.267. The number of hydrogen-bond acceptors (Lipinski definition) is 1. The van der Waals surface area contributed by atoms with Crippen LogP contribution in [0, 0.1) is 11.6 Å². The van der Waals surface area contributed by atoms with Crippen molar-refractivity contribution in [3.8, 4) is 11.5 Å². The predicted octanol–water partition coefficient (Wildman–Crippen LogP) is 4.65. The lowest BCUT2D eigenvalue weighted by atomic mass is 10.2. The van der Waals surface area contributed by atoms with Gasteiger partial charge < -0.3 is 4.74 Å². The fraction of sp³-hybridized carbons (Fsp3) is 0.0769. The van der Waals surface area contributed by atoms with E-state index in [1.165, 1.54) is 30.3 Å². The second-order valence-corrected chi connectivity index (χ2v) is 4.02. The van der Waals surface area contributed by atoms with Crippen LogP contribution >= 0.6 is 15.9 Å². The van der Waals surface area contributed by atoms with Gasteiger partial charge in [0, 0.05) is 5.33 Å². The second kappa shape index (κ2) is 5.27. The molecule has 0 heterocycles. The van der Waals surface area contributed by atoms with Crippen LogP contribution in [0.4, 0.5) is 8.78 Å². The Morgan fingerprint density at radius 3 is 2.29 bits per heavy atom. The first-order valence-electron chi connectivity index (χ1n) is 4.97. The minimum atomic E-state index is -0.439. The van der Waals surface area contributed by atoms with Crippen LogP contribution in [0.2, 0.25) is 0 Å². The van der Waals surface area contributed by atoms with Crippen molar-refractivity contribution in [1.29, 1.82) is 0 Å². The third-order valence-electron chi connectivity index (χ3n) is 2.19. The van der Waals surface area contributed by atoms with Gasteiger partial charge in [0.1, 0.15) is 11.6 Å². The maximum atomic E-state index is 13.6. The van der Waals surface area contributed by atoms with Crippen LogP contribution in [-0.2, 0) is 5.33 Å². The standard InChI is InChI=1S/C13H9BrF2O/c14-8-9-1-6-13(12(16)7-9)17-11-4-2-10(15)3-5-11/h1-7H,8H2. The van der Waals surface area contributed by atoms with Gasteiger partial charge in [-0.05, 0) is 42.0 Å². The molecule has 0 amide bonds. The van der Waals surface area contributed by atoms with Gasteiger partial charge in [0.25, 0.3) is 0 Å². The first-order valence-corrected chi connectivity index (χ1v) is 6.09. The molecule has 1 nitrogen and oxygen atoms in total. The van der Waals surface area contributed by atoms with Crippen LogP contribution in [-0.4, -0.2) is 0 Å². The summed E-state index contributed by atoms with van der Waals surface area (Å²) in [7, 11) is 0. The summed E-state index contributed by atoms with van der Waals surface area (Å²) >= 11 is 3.24. The highest BCUT2D eigenvalue weighted by Crippen LogP contribution is 2.25. The minimum absolute atomic E-state index is 0.126. The van der Waals surface area contributed by atoms with Crippen molar-refractivity contribution in [3.05, 3.63) is 59.7 Å². The molecule has 0 fully saturated rings. The monoisotopic (exact) mass is 298 g/mol. The van der Waals surface area contributed by atoms with E-state index in [1.54, 1.807) is 12.1 Å². The van der Waals surface area contributed by atoms with Crippen LogP contribution in [0.5, 0.6) is 11.5 Å². The topological polar surface area (TPSA) is 9.23 Å². The van der Waals surface area contributed by atoms with E-state index >= 15 is 0 Å². The normalized spacial score (nSPS) is 10.3. The molecule has 0 spiro atoms. The maximum Gasteiger partial charge on any atom is 0.166 e. The largest absolute Gasteiger partial charge is 0.454 e. The van der Waals surface area contributed by atoms with Gasteiger partial charge in [-0.15, -0.1) is 0 Å². The number of halogens is 3. The molecule has 4 heteroatoms. The summed E-state index contributed by atoms with van der Waals surface area (Å²) in [6.45, 7) is 0. The Bertz CT molecular complexity index is 511. The summed E-state index contributed by atoms with van der Waals surface area (Å²) in [4.78, 5) is 0. The molecule has 0 radical (unpaired) electrons. The van der Waals surface area contributed by atoms with Crippen molar-refractivity contribution in [2.45, 2.75) is 5.33 Å². The number of rotatable bonds is 3. The zero-order chi connectivity index (χ0) is 12.3. The van der Waals surface area contributed by atoms with E-state index in [-0.39, 0.29) is 11.6 Å². The van der Waals surface area contributed by atoms with Crippen molar-refractivity contribution in [1.82, 2.24) is 0 Å².